The molecule has 0 aromatic carbocycles. The molecule has 2 aromatic rings. The molecule has 0 radical (unpaired) electrons. The van der Waals surface area contributed by atoms with Crippen LogP contribution in [-0.2, 0) is 11.3 Å². The molecule has 1 atom stereocenters. The first kappa shape index (κ1) is 20.3. The molecule has 0 bridgehead atoms. The van der Waals surface area contributed by atoms with E-state index in [2.05, 4.69) is 46.7 Å². The summed E-state index contributed by atoms with van der Waals surface area (Å²) in [5.74, 6) is 2.32. The van der Waals surface area contributed by atoms with Crippen LogP contribution in [0.3, 0.4) is 0 Å². The summed E-state index contributed by atoms with van der Waals surface area (Å²) >= 11 is 5.12. The Bertz CT molecular complexity index is 649. The van der Waals surface area contributed by atoms with Gasteiger partial charge in [-0.1, -0.05) is 0 Å². The van der Waals surface area contributed by atoms with Gasteiger partial charge in [-0.15, -0.1) is 5.10 Å². The number of aromatic nitrogens is 6. The highest BCUT2D eigenvalue weighted by atomic mass is 79.9. The fourth-order valence-corrected chi connectivity index (χ4v) is 2.91. The summed E-state index contributed by atoms with van der Waals surface area (Å²) < 4.78 is 8.24. The number of ether oxygens (including phenoxy) is 1. The molecule has 2 rings (SSSR count). The Kier molecular flexibility index (Phi) is 7.81. The summed E-state index contributed by atoms with van der Waals surface area (Å²) in [6.07, 6.45) is 3.75. The van der Waals surface area contributed by atoms with Crippen molar-refractivity contribution in [3.8, 4) is 0 Å². The van der Waals surface area contributed by atoms with E-state index >= 15 is 0 Å². The molecule has 0 saturated carbocycles. The lowest BCUT2D eigenvalue weighted by molar-refractivity contribution is -0.0327. The standard InChI is InChI=1S/C14H24BrN7O2S/c1-14(2,24-6-5-23)9-17-11(12-16-8-10(15)18-12)13-19-20-21-22(13)4-7-25-3/h8,11,17,23H,4-7,9H2,1-3H3,(H,16,18). The number of nitrogens with zero attached hydrogens (tertiary/aromatic N) is 5. The lowest BCUT2D eigenvalue weighted by atomic mass is 10.1. The number of tetrazole rings is 1. The second-order valence-corrected chi connectivity index (χ2v) is 7.86. The molecule has 0 aliphatic rings. The van der Waals surface area contributed by atoms with Gasteiger partial charge in [-0.05, 0) is 46.5 Å². The van der Waals surface area contributed by atoms with Gasteiger partial charge in [0.2, 0.25) is 0 Å². The lowest BCUT2D eigenvalue weighted by Crippen LogP contribution is -2.41. The van der Waals surface area contributed by atoms with Gasteiger partial charge in [0, 0.05) is 12.3 Å². The maximum absolute atomic E-state index is 8.96. The third-order valence-electron chi connectivity index (χ3n) is 3.48. The Morgan fingerprint density at radius 1 is 1.52 bits per heavy atom. The van der Waals surface area contributed by atoms with Crippen molar-refractivity contribution in [3.63, 3.8) is 0 Å². The highest BCUT2D eigenvalue weighted by Crippen LogP contribution is 2.20. The Morgan fingerprint density at radius 2 is 2.32 bits per heavy atom. The monoisotopic (exact) mass is 433 g/mol. The van der Waals surface area contributed by atoms with Crippen LogP contribution in [0.25, 0.3) is 0 Å². The number of rotatable bonds is 11. The van der Waals surface area contributed by atoms with E-state index < -0.39 is 5.60 Å². The first-order chi connectivity index (χ1) is 12.0. The SMILES string of the molecule is CSCCn1nnnc1C(NCC(C)(C)OCCO)c1ncc(Br)[nH]1. The van der Waals surface area contributed by atoms with E-state index in [-0.39, 0.29) is 19.3 Å². The first-order valence-electron chi connectivity index (χ1n) is 7.90. The minimum Gasteiger partial charge on any atom is -0.394 e. The zero-order valence-corrected chi connectivity index (χ0v) is 17.0. The van der Waals surface area contributed by atoms with Gasteiger partial charge in [-0.3, -0.25) is 5.32 Å². The third-order valence-corrected chi connectivity index (χ3v) is 4.47. The number of H-pyrrole nitrogens is 1. The number of nitrogens with one attached hydrogen (secondary N) is 2. The highest BCUT2D eigenvalue weighted by Gasteiger charge is 2.27. The largest absolute Gasteiger partial charge is 0.394 e. The minimum absolute atomic E-state index is 0.00901. The maximum atomic E-state index is 8.96. The van der Waals surface area contributed by atoms with Crippen LogP contribution in [0.15, 0.2) is 10.8 Å². The van der Waals surface area contributed by atoms with Gasteiger partial charge in [0.15, 0.2) is 5.82 Å². The van der Waals surface area contributed by atoms with Crippen molar-refractivity contribution >= 4 is 27.7 Å². The van der Waals surface area contributed by atoms with Crippen LogP contribution in [0.5, 0.6) is 0 Å². The van der Waals surface area contributed by atoms with Crippen molar-refractivity contribution in [2.75, 3.05) is 31.8 Å². The molecule has 0 spiro atoms. The number of aliphatic hydroxyl groups is 1. The molecule has 0 amide bonds. The van der Waals surface area contributed by atoms with Gasteiger partial charge in [-0.2, -0.15) is 11.8 Å². The summed E-state index contributed by atoms with van der Waals surface area (Å²) in [4.78, 5) is 7.57. The second-order valence-electron chi connectivity index (χ2n) is 6.02. The molecule has 0 aliphatic carbocycles. The number of hydrogen-bond donors (Lipinski definition) is 3. The van der Waals surface area contributed by atoms with Crippen molar-refractivity contribution in [1.82, 2.24) is 35.5 Å². The molecule has 11 heteroatoms. The van der Waals surface area contributed by atoms with Crippen LogP contribution in [0.2, 0.25) is 0 Å². The normalized spacial score (nSPS) is 13.3. The van der Waals surface area contributed by atoms with Crippen molar-refractivity contribution < 1.29 is 9.84 Å². The molecule has 140 valence electrons. The Labute approximate surface area is 159 Å². The van der Waals surface area contributed by atoms with E-state index in [0.717, 1.165) is 10.4 Å². The molecule has 2 aromatic heterocycles. The van der Waals surface area contributed by atoms with Gasteiger partial charge in [0.25, 0.3) is 0 Å². The average molecular weight is 434 g/mol. The summed E-state index contributed by atoms with van der Waals surface area (Å²) in [5, 5.41) is 24.5. The number of aliphatic hydroxyl groups excluding tert-OH is 1. The fourth-order valence-electron chi connectivity index (χ4n) is 2.25. The van der Waals surface area contributed by atoms with Crippen LogP contribution in [0, 0.1) is 0 Å². The van der Waals surface area contributed by atoms with E-state index in [0.29, 0.717) is 24.7 Å². The number of imidazole rings is 1. The number of hydrogen-bond acceptors (Lipinski definition) is 8. The maximum Gasteiger partial charge on any atom is 0.176 e. The highest BCUT2D eigenvalue weighted by molar-refractivity contribution is 9.10. The van der Waals surface area contributed by atoms with Gasteiger partial charge < -0.3 is 14.8 Å². The third kappa shape index (κ3) is 6.03. The molecule has 3 N–H and O–H groups in total. The predicted octanol–water partition coefficient (Wildman–Crippen LogP) is 0.988. The predicted molar refractivity (Wildman–Crippen MR) is 99.4 cm³/mol. The Hall–Kier alpha value is -1.01. The Balaban J connectivity index is 2.18. The van der Waals surface area contributed by atoms with Crippen molar-refractivity contribution in [3.05, 3.63) is 22.4 Å². The zero-order chi connectivity index (χ0) is 18.3. The quantitative estimate of drug-likeness (QED) is 0.480. The number of aromatic amines is 1. The summed E-state index contributed by atoms with van der Waals surface area (Å²) in [6, 6.07) is -0.305. The zero-order valence-electron chi connectivity index (χ0n) is 14.6. The van der Waals surface area contributed by atoms with Gasteiger partial charge in [-0.25, -0.2) is 9.67 Å². The lowest BCUT2D eigenvalue weighted by Gasteiger charge is -2.27. The molecule has 25 heavy (non-hydrogen) atoms. The molecule has 0 saturated heterocycles. The number of thioether (sulfide) groups is 1. The molecule has 1 unspecified atom stereocenters. The van der Waals surface area contributed by atoms with E-state index in [1.165, 1.54) is 0 Å². The fraction of sp³-hybridized carbons (Fsp3) is 0.714. The molecular formula is C14H24BrN7O2S. The summed E-state index contributed by atoms with van der Waals surface area (Å²) in [6.45, 7) is 5.45. The van der Waals surface area contributed by atoms with Crippen LogP contribution < -0.4 is 5.32 Å². The molecular weight excluding hydrogens is 410 g/mol. The summed E-state index contributed by atoms with van der Waals surface area (Å²) in [7, 11) is 0. The average Bonchev–Trinajstić information content (AvgIpc) is 3.21. The topological polar surface area (TPSA) is 114 Å². The van der Waals surface area contributed by atoms with E-state index in [9.17, 15) is 0 Å². The van der Waals surface area contributed by atoms with Crippen molar-refractivity contribution in [2.24, 2.45) is 0 Å². The molecule has 0 fully saturated rings. The van der Waals surface area contributed by atoms with Crippen LogP contribution in [0.1, 0.15) is 31.5 Å². The van der Waals surface area contributed by atoms with E-state index in [1.54, 1.807) is 22.6 Å². The van der Waals surface area contributed by atoms with Crippen molar-refractivity contribution in [2.45, 2.75) is 32.0 Å². The van der Waals surface area contributed by atoms with Crippen LogP contribution in [0.4, 0.5) is 0 Å². The molecule has 0 aliphatic heterocycles. The Morgan fingerprint density at radius 3 is 2.96 bits per heavy atom. The molecule has 2 heterocycles. The minimum atomic E-state index is -0.456. The summed E-state index contributed by atoms with van der Waals surface area (Å²) in [5.41, 5.74) is -0.456. The second kappa shape index (κ2) is 9.62. The molecule has 9 nitrogen and oxygen atoms in total. The van der Waals surface area contributed by atoms with E-state index in [1.807, 2.05) is 20.1 Å². The number of aryl methyl sites for hydroxylation is 1. The van der Waals surface area contributed by atoms with Crippen LogP contribution >= 0.6 is 27.7 Å². The van der Waals surface area contributed by atoms with Gasteiger partial charge >= 0.3 is 0 Å². The van der Waals surface area contributed by atoms with E-state index in [4.69, 9.17) is 9.84 Å². The first-order valence-corrected chi connectivity index (χ1v) is 10.1. The van der Waals surface area contributed by atoms with Gasteiger partial charge in [0.05, 0.1) is 31.6 Å². The smallest absolute Gasteiger partial charge is 0.176 e. The number of halogens is 1. The van der Waals surface area contributed by atoms with Crippen LogP contribution in [-0.4, -0.2) is 72.6 Å². The van der Waals surface area contributed by atoms with Gasteiger partial charge in [0.1, 0.15) is 16.5 Å². The van der Waals surface area contributed by atoms with Crippen molar-refractivity contribution in [1.29, 1.82) is 0 Å².